The Hall–Kier alpha value is -2.19. The molecule has 0 saturated carbocycles. The van der Waals surface area contributed by atoms with Crippen molar-refractivity contribution in [1.82, 2.24) is 4.90 Å². The number of hydrogen-bond acceptors (Lipinski definition) is 3. The van der Waals surface area contributed by atoms with Crippen LogP contribution < -0.4 is 10.0 Å². The second kappa shape index (κ2) is 10.9. The Morgan fingerprint density at radius 2 is 1.52 bits per heavy atom. The molecule has 0 aliphatic carbocycles. The summed E-state index contributed by atoms with van der Waals surface area (Å²) in [7, 11) is 6.54. The van der Waals surface area contributed by atoms with Crippen molar-refractivity contribution in [2.75, 3.05) is 28.0 Å². The van der Waals surface area contributed by atoms with Crippen molar-refractivity contribution >= 4 is 13.9 Å². The van der Waals surface area contributed by atoms with Gasteiger partial charge in [-0.3, -0.25) is 0 Å². The molecule has 3 rings (SSSR count). The highest BCUT2D eigenvalue weighted by Crippen LogP contribution is 2.46. The Morgan fingerprint density at radius 3 is 2.23 bits per heavy atom. The monoisotopic (exact) mass is 435 g/mol. The second-order valence-electron chi connectivity index (χ2n) is 8.65. The first-order chi connectivity index (χ1) is 14.9. The average Bonchev–Trinajstić information content (AvgIpc) is 2.74. The molecule has 3 aromatic rings. The van der Waals surface area contributed by atoms with E-state index in [4.69, 9.17) is 9.47 Å². The lowest BCUT2D eigenvalue weighted by atomic mass is 9.95. The molecular formula is C27H34NO2P. The van der Waals surface area contributed by atoms with Gasteiger partial charge in [0, 0.05) is 30.8 Å². The quantitative estimate of drug-likeness (QED) is 0.307. The largest absolute Gasteiger partial charge is 0.467 e. The van der Waals surface area contributed by atoms with Gasteiger partial charge in [0.05, 0.1) is 0 Å². The van der Waals surface area contributed by atoms with Crippen LogP contribution in [0.2, 0.25) is 0 Å². The molecule has 0 aliphatic heterocycles. The first kappa shape index (κ1) is 23.5. The van der Waals surface area contributed by atoms with E-state index < -0.39 is 0 Å². The van der Waals surface area contributed by atoms with Crippen molar-refractivity contribution in [2.24, 2.45) is 0 Å². The fraction of sp³-hybridized carbons (Fsp3) is 0.333. The van der Waals surface area contributed by atoms with Crippen molar-refractivity contribution in [2.45, 2.75) is 32.0 Å². The van der Waals surface area contributed by atoms with Crippen molar-refractivity contribution in [1.29, 1.82) is 0 Å². The number of rotatable bonds is 10. The van der Waals surface area contributed by atoms with Crippen LogP contribution >= 0.6 is 8.58 Å². The number of nitrogens with zero attached hydrogens (tertiary/aromatic N) is 1. The van der Waals surface area contributed by atoms with Crippen molar-refractivity contribution in [3.8, 4) is 5.75 Å². The standard InChI is InChI=1S/C27H34NO2P/c1-27(2,31-25-17-10-9-14-23(25)19-28(3)4)24-16-11-15-22(26(24)30-20-29-5)18-21-12-7-6-8-13-21/h6-17,31H,18-20H2,1-5H3. The summed E-state index contributed by atoms with van der Waals surface area (Å²) < 4.78 is 11.5. The normalized spacial score (nSPS) is 12.1. The molecule has 4 heteroatoms. The molecule has 0 spiro atoms. The molecule has 3 nitrogen and oxygen atoms in total. The van der Waals surface area contributed by atoms with Gasteiger partial charge in [-0.15, -0.1) is 0 Å². The van der Waals surface area contributed by atoms with Crippen molar-refractivity contribution < 1.29 is 9.47 Å². The van der Waals surface area contributed by atoms with Crippen LogP contribution in [-0.2, 0) is 22.9 Å². The third-order valence-corrected chi connectivity index (χ3v) is 6.93. The summed E-state index contributed by atoms with van der Waals surface area (Å²) in [4.78, 5) is 2.23. The molecule has 3 aromatic carbocycles. The minimum absolute atomic E-state index is 0.0712. The highest BCUT2D eigenvalue weighted by atomic mass is 31.1. The number of para-hydroxylation sites is 1. The maximum atomic E-state index is 6.18. The number of methoxy groups -OCH3 is 1. The molecule has 0 aromatic heterocycles. The zero-order chi connectivity index (χ0) is 22.3. The van der Waals surface area contributed by atoms with Crippen LogP contribution in [0.1, 0.15) is 36.1 Å². The molecule has 0 saturated heterocycles. The van der Waals surface area contributed by atoms with Gasteiger partial charge in [-0.1, -0.05) is 95.2 Å². The summed E-state index contributed by atoms with van der Waals surface area (Å²) in [5.74, 6) is 0.954. The fourth-order valence-corrected chi connectivity index (χ4v) is 5.35. The van der Waals surface area contributed by atoms with Gasteiger partial charge in [-0.2, -0.15) is 0 Å². The van der Waals surface area contributed by atoms with E-state index in [1.807, 2.05) is 0 Å². The molecule has 1 unspecified atom stereocenters. The molecule has 0 heterocycles. The van der Waals surface area contributed by atoms with Gasteiger partial charge < -0.3 is 14.4 Å². The van der Waals surface area contributed by atoms with E-state index >= 15 is 0 Å². The molecule has 0 amide bonds. The van der Waals surface area contributed by atoms with E-state index in [0.29, 0.717) is 8.58 Å². The zero-order valence-electron chi connectivity index (χ0n) is 19.3. The summed E-state index contributed by atoms with van der Waals surface area (Å²) in [6.07, 6.45) is 0.837. The van der Waals surface area contributed by atoms with Crippen LogP contribution in [0, 0.1) is 0 Å². The maximum Gasteiger partial charge on any atom is 0.188 e. The summed E-state index contributed by atoms with van der Waals surface area (Å²) >= 11 is 0. The highest BCUT2D eigenvalue weighted by Gasteiger charge is 2.27. The molecular weight excluding hydrogens is 401 g/mol. The lowest BCUT2D eigenvalue weighted by molar-refractivity contribution is 0.0495. The molecule has 164 valence electrons. The number of benzene rings is 3. The van der Waals surface area contributed by atoms with E-state index in [1.165, 1.54) is 27.6 Å². The molecule has 1 atom stereocenters. The predicted molar refractivity (Wildman–Crippen MR) is 133 cm³/mol. The summed E-state index contributed by atoms with van der Waals surface area (Å²) in [5, 5.41) is 1.34. The third kappa shape index (κ3) is 6.40. The predicted octanol–water partition coefficient (Wildman–Crippen LogP) is 5.56. The van der Waals surface area contributed by atoms with Crippen LogP contribution in [0.15, 0.2) is 72.8 Å². The second-order valence-corrected chi connectivity index (χ2v) is 10.7. The van der Waals surface area contributed by atoms with E-state index in [9.17, 15) is 0 Å². The van der Waals surface area contributed by atoms with Gasteiger partial charge >= 0.3 is 0 Å². The lowest BCUT2D eigenvalue weighted by Gasteiger charge is -2.30. The topological polar surface area (TPSA) is 21.7 Å². The minimum atomic E-state index is -0.0712. The van der Waals surface area contributed by atoms with Gasteiger partial charge in [0.25, 0.3) is 0 Å². The van der Waals surface area contributed by atoms with Crippen molar-refractivity contribution in [3.05, 3.63) is 95.1 Å². The minimum Gasteiger partial charge on any atom is -0.467 e. The van der Waals surface area contributed by atoms with Crippen LogP contribution in [0.25, 0.3) is 0 Å². The van der Waals surface area contributed by atoms with E-state index in [2.05, 4.69) is 106 Å². The third-order valence-electron chi connectivity index (χ3n) is 5.28. The lowest BCUT2D eigenvalue weighted by Crippen LogP contribution is -2.21. The molecule has 0 fully saturated rings. The number of hydrogen-bond donors (Lipinski definition) is 0. The van der Waals surface area contributed by atoms with Crippen LogP contribution in [-0.4, -0.2) is 32.9 Å². The van der Waals surface area contributed by atoms with Crippen molar-refractivity contribution in [3.63, 3.8) is 0 Å². The summed E-state index contributed by atoms with van der Waals surface area (Å²) in [6.45, 7) is 5.83. The van der Waals surface area contributed by atoms with E-state index in [-0.39, 0.29) is 11.9 Å². The summed E-state index contributed by atoms with van der Waals surface area (Å²) in [5.41, 5.74) is 5.09. The zero-order valence-corrected chi connectivity index (χ0v) is 20.3. The van der Waals surface area contributed by atoms with Crippen LogP contribution in [0.3, 0.4) is 0 Å². The van der Waals surface area contributed by atoms with Gasteiger partial charge in [0.2, 0.25) is 0 Å². The maximum absolute atomic E-state index is 6.18. The van der Waals surface area contributed by atoms with Gasteiger partial charge in [0.15, 0.2) is 6.79 Å². The SMILES string of the molecule is COCOc1c(Cc2ccccc2)cccc1C(C)(C)Pc1ccccc1CN(C)C. The Morgan fingerprint density at radius 1 is 0.839 bits per heavy atom. The Labute approximate surface area is 189 Å². The molecule has 0 radical (unpaired) electrons. The van der Waals surface area contributed by atoms with Crippen LogP contribution in [0.4, 0.5) is 0 Å². The Kier molecular flexibility index (Phi) is 8.26. The Bertz CT molecular complexity index is 970. The Balaban J connectivity index is 1.97. The molecule has 0 bridgehead atoms. The number of ether oxygens (including phenoxy) is 2. The van der Waals surface area contributed by atoms with Gasteiger partial charge in [-0.25, -0.2) is 0 Å². The first-order valence-corrected chi connectivity index (χ1v) is 11.7. The summed E-state index contributed by atoms with van der Waals surface area (Å²) in [6, 6.07) is 25.9. The van der Waals surface area contributed by atoms with E-state index in [1.54, 1.807) is 7.11 Å². The highest BCUT2D eigenvalue weighted by molar-refractivity contribution is 7.48. The van der Waals surface area contributed by atoms with Crippen LogP contribution in [0.5, 0.6) is 5.75 Å². The smallest absolute Gasteiger partial charge is 0.188 e. The average molecular weight is 436 g/mol. The molecule has 31 heavy (non-hydrogen) atoms. The molecule has 0 aliphatic rings. The molecule has 0 N–H and O–H groups in total. The van der Waals surface area contributed by atoms with Gasteiger partial charge in [0.1, 0.15) is 5.75 Å². The fourth-order valence-electron chi connectivity index (χ4n) is 3.85. The van der Waals surface area contributed by atoms with E-state index in [0.717, 1.165) is 18.7 Å². The van der Waals surface area contributed by atoms with Gasteiger partial charge in [-0.05, 0) is 36.1 Å². The first-order valence-electron chi connectivity index (χ1n) is 10.7.